The minimum Gasteiger partial charge on any atom is -0.309 e. The fraction of sp³-hybridized carbons (Fsp3) is 0.291. The molecular formula is C79H81N. The van der Waals surface area contributed by atoms with Crippen molar-refractivity contribution in [1.29, 1.82) is 0 Å². The lowest BCUT2D eigenvalue weighted by Gasteiger charge is -2.33. The molecule has 11 aromatic rings. The second kappa shape index (κ2) is 24.1. The van der Waals surface area contributed by atoms with Crippen molar-refractivity contribution in [3.05, 3.63) is 222 Å². The molecule has 0 amide bonds. The van der Waals surface area contributed by atoms with Crippen LogP contribution in [0.1, 0.15) is 152 Å². The SMILES string of the molecule is CCCCCCCCCCC1(CCCCCCCCCC)c2ccccc2-c2ccc(-c3c4ccccc4c(-c4ccc5cc(N(c6ccc(C)c7ccccc67)c6ccc(C)c7ccccc67)ccc5c4)c4ccccc34)cc21. The van der Waals surface area contributed by atoms with Crippen LogP contribution in [0.15, 0.2) is 200 Å². The quantitative estimate of drug-likeness (QED) is 0.0456. The first-order valence-corrected chi connectivity index (χ1v) is 31.0. The maximum Gasteiger partial charge on any atom is 0.0540 e. The lowest BCUT2D eigenvalue weighted by molar-refractivity contribution is 0.397. The molecule has 0 atom stereocenters. The van der Waals surface area contributed by atoms with E-state index in [1.165, 1.54) is 225 Å². The van der Waals surface area contributed by atoms with Crippen LogP contribution in [-0.2, 0) is 5.41 Å². The van der Waals surface area contributed by atoms with Gasteiger partial charge in [0.2, 0.25) is 0 Å². The van der Waals surface area contributed by atoms with E-state index < -0.39 is 0 Å². The van der Waals surface area contributed by atoms with E-state index in [0.717, 1.165) is 5.69 Å². The van der Waals surface area contributed by atoms with Gasteiger partial charge in [0.05, 0.1) is 11.4 Å². The number of benzene rings is 11. The molecule has 0 saturated heterocycles. The number of nitrogens with zero attached hydrogens (tertiary/aromatic N) is 1. The molecule has 1 heteroatoms. The Morgan fingerprint density at radius 3 is 1.24 bits per heavy atom. The van der Waals surface area contributed by atoms with Crippen molar-refractivity contribution in [3.8, 4) is 33.4 Å². The monoisotopic (exact) mass is 1040 g/mol. The van der Waals surface area contributed by atoms with E-state index in [4.69, 9.17) is 0 Å². The Bertz CT molecular complexity index is 3820. The van der Waals surface area contributed by atoms with E-state index in [1.54, 1.807) is 11.1 Å². The summed E-state index contributed by atoms with van der Waals surface area (Å²) in [6, 6.07) is 76.9. The number of rotatable bonds is 23. The van der Waals surface area contributed by atoms with Gasteiger partial charge in [-0.1, -0.05) is 280 Å². The molecule has 0 N–H and O–H groups in total. The van der Waals surface area contributed by atoms with E-state index >= 15 is 0 Å². The van der Waals surface area contributed by atoms with E-state index in [9.17, 15) is 0 Å². The van der Waals surface area contributed by atoms with Crippen LogP contribution in [0.25, 0.3) is 87.2 Å². The minimum atomic E-state index is 0.0156. The summed E-state index contributed by atoms with van der Waals surface area (Å²) < 4.78 is 0. The maximum atomic E-state index is 2.68. The highest BCUT2D eigenvalue weighted by Gasteiger charge is 2.42. The summed E-state index contributed by atoms with van der Waals surface area (Å²) in [5, 5.41) is 12.7. The molecule has 1 aliphatic rings. The molecule has 0 radical (unpaired) electrons. The lowest BCUT2D eigenvalue weighted by atomic mass is 9.70. The molecule has 12 rings (SSSR count). The molecule has 0 heterocycles. The van der Waals surface area contributed by atoms with Crippen molar-refractivity contribution in [2.45, 2.75) is 149 Å². The van der Waals surface area contributed by atoms with Crippen molar-refractivity contribution in [1.82, 2.24) is 0 Å². The van der Waals surface area contributed by atoms with Gasteiger partial charge < -0.3 is 4.90 Å². The molecule has 0 bridgehead atoms. The Labute approximate surface area is 477 Å². The van der Waals surface area contributed by atoms with Gasteiger partial charge in [-0.15, -0.1) is 0 Å². The van der Waals surface area contributed by atoms with Gasteiger partial charge >= 0.3 is 0 Å². The van der Waals surface area contributed by atoms with Crippen LogP contribution in [0.4, 0.5) is 17.1 Å². The summed E-state index contributed by atoms with van der Waals surface area (Å²) in [7, 11) is 0. The van der Waals surface area contributed by atoms with Crippen molar-refractivity contribution in [3.63, 3.8) is 0 Å². The molecule has 0 spiro atoms. The maximum absolute atomic E-state index is 2.68. The van der Waals surface area contributed by atoms with Gasteiger partial charge in [0.1, 0.15) is 0 Å². The molecule has 1 aliphatic carbocycles. The zero-order valence-corrected chi connectivity index (χ0v) is 48.2. The molecule has 1 nitrogen and oxygen atoms in total. The summed E-state index contributed by atoms with van der Waals surface area (Å²) in [6.45, 7) is 9.09. The van der Waals surface area contributed by atoms with Crippen LogP contribution < -0.4 is 4.90 Å². The average Bonchev–Trinajstić information content (AvgIpc) is 3.83. The first-order chi connectivity index (χ1) is 39.5. The standard InChI is InChI=1S/C79H81N/c1-5-7-9-11-13-15-17-29-51-79(52-30-18-16-14-12-10-8-6-2)73-40-28-27-33-65(73)66-48-46-61(55-74(66)79)78-71-38-25-23-36-69(71)77(70-37-24-26-39-72(70)78)60-44-43-59-54-62(47-45-58(59)53-60)80(75-49-41-56(3)63-31-19-21-34-67(63)75)76-50-42-57(4)64-32-20-22-35-68(64)76/h19-28,31-50,53-55H,5-18,29-30,51-52H2,1-4H3. The molecule has 0 unspecified atom stereocenters. The smallest absolute Gasteiger partial charge is 0.0540 e. The van der Waals surface area contributed by atoms with Crippen LogP contribution in [0.2, 0.25) is 0 Å². The molecule has 80 heavy (non-hydrogen) atoms. The van der Waals surface area contributed by atoms with E-state index in [1.807, 2.05) is 0 Å². The fourth-order valence-corrected chi connectivity index (χ4v) is 14.3. The van der Waals surface area contributed by atoms with Gasteiger partial charge in [-0.3, -0.25) is 0 Å². The average molecular weight is 1040 g/mol. The molecular weight excluding hydrogens is 963 g/mol. The Morgan fingerprint density at radius 2 is 0.713 bits per heavy atom. The first-order valence-electron chi connectivity index (χ1n) is 31.0. The zero-order chi connectivity index (χ0) is 54.4. The molecule has 0 aliphatic heterocycles. The van der Waals surface area contributed by atoms with Crippen LogP contribution in [0.3, 0.4) is 0 Å². The molecule has 0 saturated carbocycles. The Morgan fingerprint density at radius 1 is 0.312 bits per heavy atom. The molecule has 402 valence electrons. The van der Waals surface area contributed by atoms with E-state index in [2.05, 4.69) is 233 Å². The minimum absolute atomic E-state index is 0.0156. The molecule has 11 aromatic carbocycles. The van der Waals surface area contributed by atoms with Gasteiger partial charge in [-0.25, -0.2) is 0 Å². The number of hydrogen-bond donors (Lipinski definition) is 0. The van der Waals surface area contributed by atoms with Crippen LogP contribution in [0.5, 0.6) is 0 Å². The van der Waals surface area contributed by atoms with Gasteiger partial charge in [0.15, 0.2) is 0 Å². The number of unbranched alkanes of at least 4 members (excludes halogenated alkanes) is 14. The van der Waals surface area contributed by atoms with Gasteiger partial charge in [-0.2, -0.15) is 0 Å². The van der Waals surface area contributed by atoms with Crippen molar-refractivity contribution in [2.75, 3.05) is 4.90 Å². The largest absolute Gasteiger partial charge is 0.309 e. The third kappa shape index (κ3) is 10.2. The van der Waals surface area contributed by atoms with E-state index in [0.29, 0.717) is 0 Å². The third-order valence-electron chi connectivity index (χ3n) is 18.5. The summed E-state index contributed by atoms with van der Waals surface area (Å²) >= 11 is 0. The summed E-state index contributed by atoms with van der Waals surface area (Å²) in [4.78, 5) is 2.49. The Hall–Kier alpha value is -7.48. The van der Waals surface area contributed by atoms with Crippen LogP contribution >= 0.6 is 0 Å². The summed E-state index contributed by atoms with van der Waals surface area (Å²) in [5.41, 5.74) is 17.4. The summed E-state index contributed by atoms with van der Waals surface area (Å²) in [5.74, 6) is 0. The van der Waals surface area contributed by atoms with Gasteiger partial charge in [0.25, 0.3) is 0 Å². The first kappa shape index (κ1) is 53.2. The number of aryl methyl sites for hydroxylation is 2. The van der Waals surface area contributed by atoms with E-state index in [-0.39, 0.29) is 5.41 Å². The zero-order valence-electron chi connectivity index (χ0n) is 48.2. The predicted octanol–water partition coefficient (Wildman–Crippen LogP) is 24.2. The normalized spacial score (nSPS) is 12.8. The van der Waals surface area contributed by atoms with Gasteiger partial charge in [0, 0.05) is 21.9 Å². The van der Waals surface area contributed by atoms with Crippen molar-refractivity contribution >= 4 is 70.9 Å². The van der Waals surface area contributed by atoms with Crippen molar-refractivity contribution < 1.29 is 0 Å². The highest BCUT2D eigenvalue weighted by atomic mass is 15.1. The molecule has 0 fully saturated rings. The Balaban J connectivity index is 0.942. The highest BCUT2D eigenvalue weighted by molar-refractivity contribution is 6.22. The van der Waals surface area contributed by atoms with Crippen LogP contribution in [0, 0.1) is 13.8 Å². The topological polar surface area (TPSA) is 3.24 Å². The third-order valence-corrected chi connectivity index (χ3v) is 18.5. The number of anilines is 3. The Kier molecular flexibility index (Phi) is 16.0. The number of hydrogen-bond acceptors (Lipinski definition) is 1. The van der Waals surface area contributed by atoms with Crippen molar-refractivity contribution in [2.24, 2.45) is 0 Å². The van der Waals surface area contributed by atoms with Gasteiger partial charge in [-0.05, 0) is 162 Å². The highest BCUT2D eigenvalue weighted by Crippen LogP contribution is 2.56. The fourth-order valence-electron chi connectivity index (χ4n) is 14.3. The second-order valence-electron chi connectivity index (χ2n) is 23.7. The second-order valence-corrected chi connectivity index (χ2v) is 23.7. The number of fused-ring (bicyclic) bond motifs is 8. The molecule has 0 aromatic heterocycles. The van der Waals surface area contributed by atoms with Crippen LogP contribution in [-0.4, -0.2) is 0 Å². The summed E-state index contributed by atoms with van der Waals surface area (Å²) in [6.07, 6.45) is 24.0. The predicted molar refractivity (Wildman–Crippen MR) is 350 cm³/mol. The lowest BCUT2D eigenvalue weighted by Crippen LogP contribution is -2.25.